The highest BCUT2D eigenvalue weighted by Gasteiger charge is 2.24. The highest BCUT2D eigenvalue weighted by Crippen LogP contribution is 2.32. The minimum atomic E-state index is 0.528. The summed E-state index contributed by atoms with van der Waals surface area (Å²) in [6, 6.07) is 16.0. The number of morpholine rings is 1. The number of hydrogen-bond donors (Lipinski definition) is 0. The van der Waals surface area contributed by atoms with Gasteiger partial charge < -0.3 is 14.2 Å². The number of aromatic nitrogens is 7. The molecule has 5 heterocycles. The number of aryl methyl sites for hydroxylation is 1. The SMILES string of the molecule is CCn1c(-c2ccncc2)nc2c(N3CCOCC3)nc(-c3cc(-c4ccccc4)cnn3)nc21. The Morgan fingerprint density at radius 2 is 1.69 bits per heavy atom. The van der Waals surface area contributed by atoms with Crippen molar-refractivity contribution in [3.8, 4) is 34.0 Å². The zero-order valence-electron chi connectivity index (χ0n) is 19.4. The van der Waals surface area contributed by atoms with Gasteiger partial charge in [0, 0.05) is 43.2 Å². The van der Waals surface area contributed by atoms with Crippen LogP contribution in [0, 0.1) is 0 Å². The third-order valence-corrected chi connectivity index (χ3v) is 6.13. The summed E-state index contributed by atoms with van der Waals surface area (Å²) in [5, 5.41) is 8.65. The number of nitrogens with zero attached hydrogens (tertiary/aromatic N) is 8. The van der Waals surface area contributed by atoms with Gasteiger partial charge in [-0.1, -0.05) is 30.3 Å². The Hall–Kier alpha value is -4.24. The fraction of sp³-hybridized carbons (Fsp3) is 0.231. The summed E-state index contributed by atoms with van der Waals surface area (Å²) >= 11 is 0. The molecule has 0 N–H and O–H groups in total. The molecule has 0 unspecified atom stereocenters. The van der Waals surface area contributed by atoms with E-state index >= 15 is 0 Å². The van der Waals surface area contributed by atoms with Gasteiger partial charge in [-0.25, -0.2) is 15.0 Å². The third-order valence-electron chi connectivity index (χ3n) is 6.13. The second-order valence-electron chi connectivity index (χ2n) is 8.25. The van der Waals surface area contributed by atoms with E-state index in [9.17, 15) is 0 Å². The number of hydrogen-bond acceptors (Lipinski definition) is 8. The summed E-state index contributed by atoms with van der Waals surface area (Å²) in [6.45, 7) is 5.59. The van der Waals surface area contributed by atoms with Crippen LogP contribution in [0.2, 0.25) is 0 Å². The molecule has 1 saturated heterocycles. The van der Waals surface area contributed by atoms with Gasteiger partial charge in [-0.15, -0.1) is 5.10 Å². The van der Waals surface area contributed by atoms with Crippen LogP contribution >= 0.6 is 0 Å². The summed E-state index contributed by atoms with van der Waals surface area (Å²) in [5.74, 6) is 2.16. The van der Waals surface area contributed by atoms with Crippen LogP contribution in [-0.4, -0.2) is 61.0 Å². The van der Waals surface area contributed by atoms with Crippen LogP contribution in [0.15, 0.2) is 67.1 Å². The van der Waals surface area contributed by atoms with Crippen LogP contribution < -0.4 is 4.90 Å². The molecule has 1 fully saturated rings. The average molecular weight is 465 g/mol. The van der Waals surface area contributed by atoms with Gasteiger partial charge in [-0.2, -0.15) is 5.10 Å². The van der Waals surface area contributed by atoms with Crippen LogP contribution in [-0.2, 0) is 11.3 Å². The maximum absolute atomic E-state index is 5.59. The van der Waals surface area contributed by atoms with Gasteiger partial charge in [0.05, 0.1) is 19.4 Å². The van der Waals surface area contributed by atoms with E-state index in [0.717, 1.165) is 52.6 Å². The van der Waals surface area contributed by atoms with Crippen molar-refractivity contribution in [1.29, 1.82) is 0 Å². The van der Waals surface area contributed by atoms with Crippen LogP contribution in [0.25, 0.3) is 45.2 Å². The first-order valence-electron chi connectivity index (χ1n) is 11.7. The molecule has 0 aliphatic carbocycles. The lowest BCUT2D eigenvalue weighted by Crippen LogP contribution is -2.37. The van der Waals surface area contributed by atoms with Crippen molar-refractivity contribution >= 4 is 17.0 Å². The van der Waals surface area contributed by atoms with Crippen molar-refractivity contribution in [2.45, 2.75) is 13.5 Å². The second-order valence-corrected chi connectivity index (χ2v) is 8.25. The normalized spacial score (nSPS) is 13.9. The van der Waals surface area contributed by atoms with Crippen LogP contribution in [0.4, 0.5) is 5.82 Å². The van der Waals surface area contributed by atoms with E-state index < -0.39 is 0 Å². The van der Waals surface area contributed by atoms with Crippen molar-refractivity contribution in [3.63, 3.8) is 0 Å². The molecule has 1 aromatic carbocycles. The van der Waals surface area contributed by atoms with Gasteiger partial charge in [-0.05, 0) is 30.7 Å². The van der Waals surface area contributed by atoms with Gasteiger partial charge in [0.1, 0.15) is 11.5 Å². The standard InChI is InChI=1S/C26H24N8O/c1-2-34-24(19-8-10-27-11-9-19)29-22-25(33-12-14-35-15-13-33)30-23(31-26(22)34)21-16-20(17-28-32-21)18-6-4-3-5-7-18/h3-11,16-17H,2,12-15H2,1H3. The second kappa shape index (κ2) is 9.19. The molecule has 1 aliphatic heterocycles. The maximum atomic E-state index is 5.59. The molecule has 0 atom stereocenters. The lowest BCUT2D eigenvalue weighted by molar-refractivity contribution is 0.122. The quantitative estimate of drug-likeness (QED) is 0.387. The largest absolute Gasteiger partial charge is 0.378 e. The molecule has 6 rings (SSSR count). The van der Waals surface area contributed by atoms with Gasteiger partial charge in [0.15, 0.2) is 22.8 Å². The van der Waals surface area contributed by atoms with E-state index in [4.69, 9.17) is 19.7 Å². The van der Waals surface area contributed by atoms with E-state index in [0.29, 0.717) is 31.3 Å². The number of ether oxygens (including phenoxy) is 1. The molecule has 9 heteroatoms. The number of imidazole rings is 1. The number of rotatable bonds is 5. The van der Waals surface area contributed by atoms with E-state index in [2.05, 4.69) is 43.7 Å². The minimum Gasteiger partial charge on any atom is -0.378 e. The van der Waals surface area contributed by atoms with Crippen molar-refractivity contribution in [3.05, 3.63) is 67.1 Å². The number of pyridine rings is 1. The average Bonchev–Trinajstić information content (AvgIpc) is 3.33. The molecule has 1 aliphatic rings. The van der Waals surface area contributed by atoms with Crippen molar-refractivity contribution < 1.29 is 4.74 Å². The predicted octanol–water partition coefficient (Wildman–Crippen LogP) is 3.87. The first kappa shape index (κ1) is 21.3. The fourth-order valence-electron chi connectivity index (χ4n) is 4.38. The predicted molar refractivity (Wildman–Crippen MR) is 134 cm³/mol. The van der Waals surface area contributed by atoms with Gasteiger partial charge >= 0.3 is 0 Å². The Morgan fingerprint density at radius 3 is 2.46 bits per heavy atom. The molecule has 174 valence electrons. The molecule has 5 aromatic rings. The molecule has 0 bridgehead atoms. The Bertz CT molecular complexity index is 1460. The lowest BCUT2D eigenvalue weighted by atomic mass is 10.1. The smallest absolute Gasteiger partial charge is 0.184 e. The van der Waals surface area contributed by atoms with E-state index in [1.165, 1.54) is 0 Å². The van der Waals surface area contributed by atoms with Gasteiger partial charge in [-0.3, -0.25) is 4.98 Å². The van der Waals surface area contributed by atoms with E-state index in [1.807, 2.05) is 36.4 Å². The van der Waals surface area contributed by atoms with Crippen molar-refractivity contribution in [2.24, 2.45) is 0 Å². The summed E-state index contributed by atoms with van der Waals surface area (Å²) in [5.41, 5.74) is 5.19. The fourth-order valence-corrected chi connectivity index (χ4v) is 4.38. The Balaban J connectivity index is 1.56. The Labute approximate surface area is 202 Å². The maximum Gasteiger partial charge on any atom is 0.184 e. The number of benzene rings is 1. The highest BCUT2D eigenvalue weighted by molar-refractivity contribution is 5.89. The Kier molecular flexibility index (Phi) is 5.59. The van der Waals surface area contributed by atoms with Crippen molar-refractivity contribution in [1.82, 2.24) is 34.7 Å². The highest BCUT2D eigenvalue weighted by atomic mass is 16.5. The molecular formula is C26H24N8O. The molecule has 35 heavy (non-hydrogen) atoms. The Morgan fingerprint density at radius 1 is 0.886 bits per heavy atom. The van der Waals surface area contributed by atoms with Crippen molar-refractivity contribution in [2.75, 3.05) is 31.2 Å². The molecule has 0 saturated carbocycles. The van der Waals surface area contributed by atoms with E-state index in [-0.39, 0.29) is 0 Å². The van der Waals surface area contributed by atoms with Crippen LogP contribution in [0.5, 0.6) is 0 Å². The molecule has 0 amide bonds. The third kappa shape index (κ3) is 4.00. The molecule has 4 aromatic heterocycles. The summed E-state index contributed by atoms with van der Waals surface area (Å²) in [7, 11) is 0. The first-order chi connectivity index (χ1) is 17.3. The molecule has 0 radical (unpaired) electrons. The van der Waals surface area contributed by atoms with Crippen LogP contribution in [0.1, 0.15) is 6.92 Å². The summed E-state index contributed by atoms with van der Waals surface area (Å²) in [4.78, 5) is 21.3. The number of anilines is 1. The summed E-state index contributed by atoms with van der Waals surface area (Å²) < 4.78 is 7.71. The monoisotopic (exact) mass is 464 g/mol. The zero-order valence-corrected chi connectivity index (χ0v) is 19.4. The molecule has 9 nitrogen and oxygen atoms in total. The number of fused-ring (bicyclic) bond motifs is 1. The summed E-state index contributed by atoms with van der Waals surface area (Å²) in [6.07, 6.45) is 5.32. The zero-order chi connectivity index (χ0) is 23.6. The first-order valence-corrected chi connectivity index (χ1v) is 11.7. The topological polar surface area (TPSA) is 94.7 Å². The van der Waals surface area contributed by atoms with Crippen LogP contribution in [0.3, 0.4) is 0 Å². The molecular weight excluding hydrogens is 440 g/mol. The van der Waals surface area contributed by atoms with Gasteiger partial charge in [0.2, 0.25) is 0 Å². The van der Waals surface area contributed by atoms with E-state index in [1.54, 1.807) is 18.6 Å². The molecule has 0 spiro atoms. The minimum absolute atomic E-state index is 0.528. The lowest BCUT2D eigenvalue weighted by Gasteiger charge is -2.28. The van der Waals surface area contributed by atoms with Gasteiger partial charge in [0.25, 0.3) is 0 Å².